The molecule has 6 nitrogen and oxygen atoms in total. The fourth-order valence-corrected chi connectivity index (χ4v) is 4.75. The van der Waals surface area contributed by atoms with E-state index in [-0.39, 0.29) is 18.4 Å². The number of para-hydroxylation sites is 1. The molecule has 0 aliphatic carbocycles. The van der Waals surface area contributed by atoms with Crippen LogP contribution in [0.4, 0.5) is 11.4 Å². The Morgan fingerprint density at radius 3 is 2.53 bits per heavy atom. The Balaban J connectivity index is 1.45. The zero-order chi connectivity index (χ0) is 24.1. The van der Waals surface area contributed by atoms with Crippen molar-refractivity contribution in [2.24, 2.45) is 0 Å². The molecule has 1 aliphatic heterocycles. The van der Waals surface area contributed by atoms with Crippen LogP contribution in [0.3, 0.4) is 0 Å². The zero-order valence-electron chi connectivity index (χ0n) is 18.0. The molecule has 1 aliphatic rings. The predicted molar refractivity (Wildman–Crippen MR) is 143 cm³/mol. The van der Waals surface area contributed by atoms with E-state index in [4.69, 9.17) is 21.7 Å². The molecule has 0 bridgehead atoms. The van der Waals surface area contributed by atoms with Gasteiger partial charge in [0.15, 0.2) is 22.4 Å². The molecular weight excluding hydrogens is 536 g/mol. The van der Waals surface area contributed by atoms with Crippen molar-refractivity contribution in [2.75, 3.05) is 23.9 Å². The molecule has 9 heteroatoms. The first-order chi connectivity index (χ1) is 16.4. The first kappa shape index (κ1) is 24.0. The van der Waals surface area contributed by atoms with Crippen molar-refractivity contribution in [3.05, 3.63) is 87.7 Å². The summed E-state index contributed by atoms with van der Waals surface area (Å²) in [6.45, 7) is -0.170. The van der Waals surface area contributed by atoms with E-state index in [1.54, 1.807) is 36.4 Å². The molecule has 172 valence electrons. The second-order valence-electron chi connectivity index (χ2n) is 7.11. The van der Waals surface area contributed by atoms with Crippen LogP contribution in [-0.2, 0) is 9.59 Å². The molecule has 0 radical (unpaired) electrons. The van der Waals surface area contributed by atoms with Crippen LogP contribution in [0.25, 0.3) is 6.08 Å². The fraction of sp³-hybridized carbons (Fsp3) is 0.0800. The number of nitrogens with zero attached hydrogens (tertiary/aromatic N) is 1. The van der Waals surface area contributed by atoms with Crippen molar-refractivity contribution in [3.63, 3.8) is 0 Å². The number of hydrogen-bond donors (Lipinski definition) is 1. The van der Waals surface area contributed by atoms with Crippen molar-refractivity contribution < 1.29 is 19.1 Å². The van der Waals surface area contributed by atoms with Crippen LogP contribution in [-0.4, -0.2) is 29.9 Å². The molecule has 0 unspecified atom stereocenters. The van der Waals surface area contributed by atoms with E-state index in [0.717, 1.165) is 10.0 Å². The van der Waals surface area contributed by atoms with Gasteiger partial charge in [0, 0.05) is 10.2 Å². The number of thiocarbonyl (C=S) groups is 1. The molecule has 1 heterocycles. The van der Waals surface area contributed by atoms with E-state index in [2.05, 4.69) is 21.2 Å². The third kappa shape index (κ3) is 5.67. The second kappa shape index (κ2) is 10.9. The van der Waals surface area contributed by atoms with E-state index < -0.39 is 0 Å². The van der Waals surface area contributed by atoms with Gasteiger partial charge in [-0.3, -0.25) is 14.5 Å². The number of ether oxygens (including phenoxy) is 2. The Morgan fingerprint density at radius 2 is 1.82 bits per heavy atom. The van der Waals surface area contributed by atoms with Gasteiger partial charge in [-0.1, -0.05) is 64.2 Å². The highest BCUT2D eigenvalue weighted by Crippen LogP contribution is 2.37. The van der Waals surface area contributed by atoms with Crippen LogP contribution in [0.5, 0.6) is 11.5 Å². The molecule has 2 amide bonds. The number of benzene rings is 3. The number of amides is 2. The van der Waals surface area contributed by atoms with Crippen LogP contribution in [0.2, 0.25) is 0 Å². The minimum atomic E-state index is -0.283. The number of anilines is 2. The Hall–Kier alpha value is -3.14. The normalized spacial score (nSPS) is 14.4. The Morgan fingerprint density at radius 1 is 1.09 bits per heavy atom. The van der Waals surface area contributed by atoms with Crippen LogP contribution >= 0.6 is 39.9 Å². The second-order valence-corrected chi connectivity index (χ2v) is 9.70. The number of rotatable bonds is 7. The van der Waals surface area contributed by atoms with E-state index in [1.807, 2.05) is 42.5 Å². The fourth-order valence-electron chi connectivity index (χ4n) is 3.19. The summed E-state index contributed by atoms with van der Waals surface area (Å²) in [5.74, 6) is 0.401. The molecule has 34 heavy (non-hydrogen) atoms. The van der Waals surface area contributed by atoms with Gasteiger partial charge < -0.3 is 14.8 Å². The average Bonchev–Trinajstić information content (AvgIpc) is 3.12. The highest BCUT2D eigenvalue weighted by Gasteiger charge is 2.33. The predicted octanol–water partition coefficient (Wildman–Crippen LogP) is 5.88. The summed E-state index contributed by atoms with van der Waals surface area (Å²) >= 11 is 10.1. The Bertz CT molecular complexity index is 1260. The topological polar surface area (TPSA) is 67.9 Å². The lowest BCUT2D eigenvalue weighted by Crippen LogP contribution is -2.27. The monoisotopic (exact) mass is 554 g/mol. The minimum absolute atomic E-state index is 0.170. The lowest BCUT2D eigenvalue weighted by molar-refractivity contribution is -0.118. The maximum absolute atomic E-state index is 13.0. The Labute approximate surface area is 215 Å². The number of carbonyl (C=O) groups excluding carboxylic acids is 2. The first-order valence-electron chi connectivity index (χ1n) is 10.1. The van der Waals surface area contributed by atoms with Gasteiger partial charge in [-0.15, -0.1) is 0 Å². The quantitative estimate of drug-likeness (QED) is 0.290. The summed E-state index contributed by atoms with van der Waals surface area (Å²) in [6, 6.07) is 21.8. The molecule has 4 rings (SSSR count). The number of thioether (sulfide) groups is 1. The number of methoxy groups -OCH3 is 1. The van der Waals surface area contributed by atoms with Gasteiger partial charge in [0.05, 0.1) is 17.7 Å². The van der Waals surface area contributed by atoms with Crippen LogP contribution in [0.1, 0.15) is 5.56 Å². The molecule has 0 spiro atoms. The summed E-state index contributed by atoms with van der Waals surface area (Å²) in [5, 5.41) is 2.76. The summed E-state index contributed by atoms with van der Waals surface area (Å²) in [6.07, 6.45) is 1.76. The van der Waals surface area contributed by atoms with Gasteiger partial charge in [-0.25, -0.2) is 0 Å². The maximum atomic E-state index is 13.0. The standard InChI is InChI=1S/C25H19BrN2O4S2/c1-31-21-13-16(7-12-20(21)32-15-23(29)27-18-5-3-2-4-6-18)14-22-24(30)28(25(33)34-22)19-10-8-17(26)9-11-19/h2-14H,15H2,1H3,(H,27,29)/b22-14+. The molecular formula is C25H19BrN2O4S2. The highest BCUT2D eigenvalue weighted by molar-refractivity contribution is 9.10. The molecule has 1 N–H and O–H groups in total. The SMILES string of the molecule is COc1cc(/C=C2/SC(=S)N(c3ccc(Br)cc3)C2=O)ccc1OCC(=O)Nc1ccccc1. The van der Waals surface area contributed by atoms with Crippen LogP contribution in [0, 0.1) is 0 Å². The van der Waals surface area contributed by atoms with Gasteiger partial charge in [0.25, 0.3) is 11.8 Å². The van der Waals surface area contributed by atoms with Crippen molar-refractivity contribution in [3.8, 4) is 11.5 Å². The molecule has 1 saturated heterocycles. The number of hydrogen-bond acceptors (Lipinski definition) is 6. The van der Waals surface area contributed by atoms with Crippen molar-refractivity contribution >= 4 is 73.5 Å². The third-order valence-electron chi connectivity index (χ3n) is 4.78. The smallest absolute Gasteiger partial charge is 0.270 e. The van der Waals surface area contributed by atoms with Gasteiger partial charge in [0.2, 0.25) is 0 Å². The zero-order valence-corrected chi connectivity index (χ0v) is 21.2. The van der Waals surface area contributed by atoms with Crippen molar-refractivity contribution in [2.45, 2.75) is 0 Å². The van der Waals surface area contributed by atoms with E-state index in [0.29, 0.717) is 32.1 Å². The molecule has 3 aromatic carbocycles. The largest absolute Gasteiger partial charge is 0.493 e. The summed E-state index contributed by atoms with van der Waals surface area (Å²) < 4.78 is 12.5. The number of carbonyl (C=O) groups is 2. The van der Waals surface area contributed by atoms with Crippen LogP contribution < -0.4 is 19.7 Å². The van der Waals surface area contributed by atoms with Crippen molar-refractivity contribution in [1.82, 2.24) is 0 Å². The molecule has 0 atom stereocenters. The summed E-state index contributed by atoms with van der Waals surface area (Å²) in [7, 11) is 1.52. The highest BCUT2D eigenvalue weighted by atomic mass is 79.9. The number of halogens is 1. The lowest BCUT2D eigenvalue weighted by atomic mass is 10.2. The molecule has 1 fully saturated rings. The molecule has 0 aromatic heterocycles. The van der Waals surface area contributed by atoms with Crippen molar-refractivity contribution in [1.29, 1.82) is 0 Å². The average molecular weight is 555 g/mol. The maximum Gasteiger partial charge on any atom is 0.270 e. The molecule has 0 saturated carbocycles. The lowest BCUT2D eigenvalue weighted by Gasteiger charge is -2.14. The van der Waals surface area contributed by atoms with E-state index in [1.165, 1.54) is 23.8 Å². The van der Waals surface area contributed by atoms with E-state index >= 15 is 0 Å². The number of nitrogens with one attached hydrogen (secondary N) is 1. The van der Waals surface area contributed by atoms with Gasteiger partial charge >= 0.3 is 0 Å². The summed E-state index contributed by atoms with van der Waals surface area (Å²) in [4.78, 5) is 27.2. The van der Waals surface area contributed by atoms with Gasteiger partial charge in [-0.2, -0.15) is 0 Å². The minimum Gasteiger partial charge on any atom is -0.493 e. The third-order valence-corrected chi connectivity index (χ3v) is 6.61. The Kier molecular flexibility index (Phi) is 7.66. The van der Waals surface area contributed by atoms with Gasteiger partial charge in [0.1, 0.15) is 0 Å². The van der Waals surface area contributed by atoms with Gasteiger partial charge in [-0.05, 0) is 60.2 Å². The summed E-state index contributed by atoms with van der Waals surface area (Å²) in [5.41, 5.74) is 2.15. The first-order valence-corrected chi connectivity index (χ1v) is 12.2. The molecule has 3 aromatic rings. The van der Waals surface area contributed by atoms with Crippen LogP contribution in [0.15, 0.2) is 82.2 Å². The van der Waals surface area contributed by atoms with E-state index in [9.17, 15) is 9.59 Å².